The average Bonchev–Trinajstić information content (AvgIpc) is 2.74. The molecule has 1 aromatic heterocycles. The summed E-state index contributed by atoms with van der Waals surface area (Å²) in [5.74, 6) is 0.869. The predicted octanol–water partition coefficient (Wildman–Crippen LogP) is 5.31. The lowest BCUT2D eigenvalue weighted by atomic mass is 9.87. The van der Waals surface area contributed by atoms with Gasteiger partial charge < -0.3 is 14.3 Å². The number of nitrogens with one attached hydrogen (secondary N) is 1. The Kier molecular flexibility index (Phi) is 5.09. The SMILES string of the molecule is CCCCCC(C)(C)Cn1c(=S)[nH]c2ccc(OC)cc21. The van der Waals surface area contributed by atoms with Crippen molar-refractivity contribution in [3.63, 3.8) is 0 Å². The molecule has 3 nitrogen and oxygen atoms in total. The van der Waals surface area contributed by atoms with Crippen LogP contribution in [0.4, 0.5) is 0 Å². The van der Waals surface area contributed by atoms with E-state index < -0.39 is 0 Å². The van der Waals surface area contributed by atoms with Gasteiger partial charge in [-0.05, 0) is 36.2 Å². The number of hydrogen-bond donors (Lipinski definition) is 1. The minimum absolute atomic E-state index is 0.242. The van der Waals surface area contributed by atoms with E-state index in [1.165, 1.54) is 25.7 Å². The zero-order valence-corrected chi connectivity index (χ0v) is 14.3. The van der Waals surface area contributed by atoms with Gasteiger partial charge in [-0.2, -0.15) is 0 Å². The first-order chi connectivity index (χ1) is 9.96. The van der Waals surface area contributed by atoms with E-state index >= 15 is 0 Å². The molecule has 0 spiro atoms. The summed E-state index contributed by atoms with van der Waals surface area (Å²) in [6.07, 6.45) is 5.07. The van der Waals surface area contributed by atoms with E-state index in [-0.39, 0.29) is 5.41 Å². The molecule has 4 heteroatoms. The molecule has 0 unspecified atom stereocenters. The summed E-state index contributed by atoms with van der Waals surface area (Å²) in [6.45, 7) is 7.82. The Labute approximate surface area is 132 Å². The van der Waals surface area contributed by atoms with E-state index in [1.807, 2.05) is 12.1 Å². The molecule has 1 N–H and O–H groups in total. The summed E-state index contributed by atoms with van der Waals surface area (Å²) in [6, 6.07) is 6.05. The van der Waals surface area contributed by atoms with E-state index in [0.717, 1.165) is 28.1 Å². The highest BCUT2D eigenvalue weighted by Crippen LogP contribution is 2.29. The van der Waals surface area contributed by atoms with Crippen LogP contribution in [0.25, 0.3) is 11.0 Å². The lowest BCUT2D eigenvalue weighted by Crippen LogP contribution is -2.19. The van der Waals surface area contributed by atoms with Gasteiger partial charge in [0.25, 0.3) is 0 Å². The normalized spacial score (nSPS) is 12.0. The summed E-state index contributed by atoms with van der Waals surface area (Å²) >= 11 is 5.50. The number of rotatable bonds is 7. The van der Waals surface area contributed by atoms with Crippen LogP contribution >= 0.6 is 12.2 Å². The number of hydrogen-bond acceptors (Lipinski definition) is 2. The van der Waals surface area contributed by atoms with Crippen molar-refractivity contribution in [1.29, 1.82) is 0 Å². The van der Waals surface area contributed by atoms with E-state index in [2.05, 4.69) is 36.4 Å². The van der Waals surface area contributed by atoms with Crippen LogP contribution in [0.5, 0.6) is 5.75 Å². The predicted molar refractivity (Wildman–Crippen MR) is 91.6 cm³/mol. The smallest absolute Gasteiger partial charge is 0.178 e. The van der Waals surface area contributed by atoms with Gasteiger partial charge in [0.1, 0.15) is 5.75 Å². The average molecular weight is 306 g/mol. The number of H-pyrrole nitrogens is 1. The molecule has 0 fully saturated rings. The Morgan fingerprint density at radius 1 is 1.29 bits per heavy atom. The summed E-state index contributed by atoms with van der Waals surface area (Å²) < 4.78 is 8.34. The van der Waals surface area contributed by atoms with Crippen molar-refractivity contribution in [2.24, 2.45) is 5.41 Å². The summed E-state index contributed by atoms with van der Waals surface area (Å²) in [5.41, 5.74) is 2.44. The van der Waals surface area contributed by atoms with Gasteiger partial charge in [0.2, 0.25) is 0 Å². The van der Waals surface area contributed by atoms with E-state index in [1.54, 1.807) is 7.11 Å². The first-order valence-corrected chi connectivity index (χ1v) is 8.14. The van der Waals surface area contributed by atoms with Crippen molar-refractivity contribution in [3.05, 3.63) is 23.0 Å². The fraction of sp³-hybridized carbons (Fsp3) is 0.588. The zero-order chi connectivity index (χ0) is 15.5. The van der Waals surface area contributed by atoms with Crippen molar-refractivity contribution in [2.75, 3.05) is 7.11 Å². The number of methoxy groups -OCH3 is 1. The molecule has 1 aromatic carbocycles. The molecule has 1 heterocycles. The van der Waals surface area contributed by atoms with Gasteiger partial charge in [-0.3, -0.25) is 0 Å². The van der Waals surface area contributed by atoms with Crippen LogP contribution in [0.2, 0.25) is 0 Å². The van der Waals surface area contributed by atoms with Gasteiger partial charge in [-0.15, -0.1) is 0 Å². The fourth-order valence-corrected chi connectivity index (χ4v) is 3.05. The van der Waals surface area contributed by atoms with Crippen molar-refractivity contribution in [2.45, 2.75) is 53.0 Å². The molecule has 2 aromatic rings. The molecule has 0 atom stereocenters. The molecule has 116 valence electrons. The first-order valence-electron chi connectivity index (χ1n) is 7.73. The molecule has 0 aliphatic heterocycles. The number of imidazole rings is 1. The topological polar surface area (TPSA) is 29.9 Å². The molecule has 0 aliphatic carbocycles. The second-order valence-electron chi connectivity index (χ2n) is 6.52. The second kappa shape index (κ2) is 6.65. The second-order valence-corrected chi connectivity index (χ2v) is 6.91. The Balaban J connectivity index is 2.28. The molecular formula is C17H26N2OS. The van der Waals surface area contributed by atoms with Crippen LogP contribution in [0.1, 0.15) is 46.5 Å². The molecule has 0 aliphatic rings. The van der Waals surface area contributed by atoms with Crippen molar-refractivity contribution in [1.82, 2.24) is 9.55 Å². The van der Waals surface area contributed by atoms with Crippen LogP contribution in [0, 0.1) is 10.2 Å². The largest absolute Gasteiger partial charge is 0.497 e. The minimum atomic E-state index is 0.242. The highest BCUT2D eigenvalue weighted by atomic mass is 32.1. The summed E-state index contributed by atoms with van der Waals surface area (Å²) in [7, 11) is 1.70. The number of ether oxygens (including phenoxy) is 1. The van der Waals surface area contributed by atoms with Crippen molar-refractivity contribution >= 4 is 23.3 Å². The molecule has 0 saturated carbocycles. The molecule has 0 amide bonds. The molecule has 0 bridgehead atoms. The van der Waals surface area contributed by atoms with Crippen LogP contribution < -0.4 is 4.74 Å². The van der Waals surface area contributed by atoms with E-state index in [4.69, 9.17) is 17.0 Å². The summed E-state index contributed by atoms with van der Waals surface area (Å²) in [5, 5.41) is 0. The van der Waals surface area contributed by atoms with Gasteiger partial charge >= 0.3 is 0 Å². The first kappa shape index (κ1) is 16.1. The van der Waals surface area contributed by atoms with Crippen molar-refractivity contribution in [3.8, 4) is 5.75 Å². The Hall–Kier alpha value is -1.29. The van der Waals surface area contributed by atoms with Gasteiger partial charge in [-0.1, -0.05) is 40.0 Å². The molecule has 0 radical (unpaired) electrons. The lowest BCUT2D eigenvalue weighted by molar-refractivity contribution is 0.273. The van der Waals surface area contributed by atoms with Crippen LogP contribution in [0.3, 0.4) is 0 Å². The van der Waals surface area contributed by atoms with E-state index in [0.29, 0.717) is 0 Å². The third kappa shape index (κ3) is 3.88. The number of aromatic amines is 1. The number of benzene rings is 1. The van der Waals surface area contributed by atoms with Crippen LogP contribution in [-0.2, 0) is 6.54 Å². The maximum Gasteiger partial charge on any atom is 0.178 e. The molecule has 21 heavy (non-hydrogen) atoms. The zero-order valence-electron chi connectivity index (χ0n) is 13.5. The van der Waals surface area contributed by atoms with Gasteiger partial charge in [-0.25, -0.2) is 0 Å². The van der Waals surface area contributed by atoms with Gasteiger partial charge in [0.15, 0.2) is 4.77 Å². The van der Waals surface area contributed by atoms with Gasteiger partial charge in [0.05, 0.1) is 18.1 Å². The van der Waals surface area contributed by atoms with Crippen molar-refractivity contribution < 1.29 is 4.74 Å². The Morgan fingerprint density at radius 2 is 2.05 bits per heavy atom. The van der Waals surface area contributed by atoms with Crippen LogP contribution in [-0.4, -0.2) is 16.7 Å². The van der Waals surface area contributed by atoms with E-state index in [9.17, 15) is 0 Å². The third-order valence-electron chi connectivity index (χ3n) is 4.03. The number of unbranched alkanes of at least 4 members (excludes halogenated alkanes) is 2. The van der Waals surface area contributed by atoms with Gasteiger partial charge in [0, 0.05) is 12.6 Å². The standard InChI is InChI=1S/C17H26N2OS/c1-5-6-7-10-17(2,3)12-19-15-11-13(20-4)8-9-14(15)18-16(19)21/h8-9,11H,5-7,10,12H2,1-4H3,(H,18,21). The maximum absolute atomic E-state index is 5.50. The maximum atomic E-state index is 5.50. The van der Waals surface area contributed by atoms with Crippen LogP contribution in [0.15, 0.2) is 18.2 Å². The number of fused-ring (bicyclic) bond motifs is 1. The lowest BCUT2D eigenvalue weighted by Gasteiger charge is -2.25. The molecular weight excluding hydrogens is 280 g/mol. The Morgan fingerprint density at radius 3 is 2.71 bits per heavy atom. The number of aromatic nitrogens is 2. The Bertz CT molecular complexity index is 654. The highest BCUT2D eigenvalue weighted by Gasteiger charge is 2.20. The summed E-state index contributed by atoms with van der Waals surface area (Å²) in [4.78, 5) is 3.29. The third-order valence-corrected chi connectivity index (χ3v) is 4.35. The minimum Gasteiger partial charge on any atom is -0.497 e. The fourth-order valence-electron chi connectivity index (χ4n) is 2.78. The molecule has 2 rings (SSSR count). The molecule has 0 saturated heterocycles. The quantitative estimate of drug-likeness (QED) is 0.554. The highest BCUT2D eigenvalue weighted by molar-refractivity contribution is 7.71. The monoisotopic (exact) mass is 306 g/mol. The number of nitrogens with zero attached hydrogens (tertiary/aromatic N) is 1.